The van der Waals surface area contributed by atoms with Crippen molar-refractivity contribution in [2.24, 2.45) is 0 Å². The Bertz CT molecular complexity index is 114. The average molecular weight is 145 g/mol. The van der Waals surface area contributed by atoms with E-state index >= 15 is 0 Å². The number of rotatable bonds is 0. The second-order valence-corrected chi connectivity index (χ2v) is 3.29. The van der Waals surface area contributed by atoms with Gasteiger partial charge in [-0.1, -0.05) is 0 Å². The molecule has 1 heterocycles. The third-order valence-corrected chi connectivity index (χ3v) is 1.64. The Kier molecular flexibility index (Phi) is 2.28. The number of hydrogen-bond acceptors (Lipinski definition) is 3. The van der Waals surface area contributed by atoms with Gasteiger partial charge in [0.25, 0.3) is 0 Å². The highest BCUT2D eigenvalue weighted by molar-refractivity contribution is 4.77. The van der Waals surface area contributed by atoms with Crippen LogP contribution in [-0.4, -0.2) is 49.0 Å². The van der Waals surface area contributed by atoms with Crippen LogP contribution in [0, 0.1) is 0 Å². The highest BCUT2D eigenvalue weighted by Crippen LogP contribution is 2.08. The molecule has 1 aliphatic rings. The summed E-state index contributed by atoms with van der Waals surface area (Å²) in [6.07, 6.45) is 0. The molecular formula is C7H15NO2. The van der Waals surface area contributed by atoms with Crippen LogP contribution in [-0.2, 0) is 4.74 Å². The second kappa shape index (κ2) is 2.86. The molecule has 0 aromatic carbocycles. The predicted molar refractivity (Wildman–Crippen MR) is 38.9 cm³/mol. The van der Waals surface area contributed by atoms with Gasteiger partial charge in [0.1, 0.15) is 0 Å². The van der Waals surface area contributed by atoms with Gasteiger partial charge in [-0.25, -0.2) is 0 Å². The molecule has 0 aromatic heterocycles. The Morgan fingerprint density at radius 2 is 2.30 bits per heavy atom. The largest absolute Gasteiger partial charge is 0.386 e. The Balaban J connectivity index is 2.46. The van der Waals surface area contributed by atoms with Crippen LogP contribution in [0.1, 0.15) is 6.92 Å². The van der Waals surface area contributed by atoms with E-state index in [0.717, 1.165) is 13.2 Å². The quantitative estimate of drug-likeness (QED) is 0.508. The van der Waals surface area contributed by atoms with E-state index in [2.05, 4.69) is 4.90 Å². The number of ether oxygens (including phenoxy) is 1. The highest BCUT2D eigenvalue weighted by atomic mass is 16.5. The standard InChI is InChI=1S/C7H15NO2/c1-7(9)5-8(2)3-4-10-6-7/h9H,3-6H2,1-2H3/t7-/m0/s1. The number of β-amino-alcohol motifs (C(OH)–C–C–N with tert-alkyl or cyclic N) is 1. The zero-order valence-corrected chi connectivity index (χ0v) is 6.63. The molecule has 0 radical (unpaired) electrons. The first-order chi connectivity index (χ1) is 4.60. The van der Waals surface area contributed by atoms with Crippen LogP contribution in [0.3, 0.4) is 0 Å². The molecule has 10 heavy (non-hydrogen) atoms. The number of likely N-dealkylation sites (N-methyl/N-ethyl adjacent to an activating group) is 1. The minimum absolute atomic E-state index is 0.456. The smallest absolute Gasteiger partial charge is 0.0978 e. The van der Waals surface area contributed by atoms with Gasteiger partial charge in [-0.2, -0.15) is 0 Å². The van der Waals surface area contributed by atoms with Gasteiger partial charge in [-0.05, 0) is 14.0 Å². The van der Waals surface area contributed by atoms with Gasteiger partial charge in [0.15, 0.2) is 0 Å². The lowest BCUT2D eigenvalue weighted by Crippen LogP contribution is -2.39. The van der Waals surface area contributed by atoms with E-state index in [1.807, 2.05) is 7.05 Å². The van der Waals surface area contributed by atoms with E-state index in [4.69, 9.17) is 4.74 Å². The molecule has 0 amide bonds. The summed E-state index contributed by atoms with van der Waals surface area (Å²) in [5.74, 6) is 0. The third-order valence-electron chi connectivity index (χ3n) is 1.64. The Hall–Kier alpha value is -0.120. The summed E-state index contributed by atoms with van der Waals surface area (Å²) in [6, 6.07) is 0. The van der Waals surface area contributed by atoms with Gasteiger partial charge >= 0.3 is 0 Å². The Labute approximate surface area is 61.6 Å². The average Bonchev–Trinajstić information content (AvgIpc) is 1.90. The lowest BCUT2D eigenvalue weighted by molar-refractivity contribution is -0.0202. The molecular weight excluding hydrogens is 130 g/mol. The van der Waals surface area contributed by atoms with Gasteiger partial charge in [-0.3, -0.25) is 0 Å². The zero-order valence-electron chi connectivity index (χ0n) is 6.63. The topological polar surface area (TPSA) is 32.7 Å². The van der Waals surface area contributed by atoms with E-state index in [9.17, 15) is 5.11 Å². The van der Waals surface area contributed by atoms with Crippen molar-refractivity contribution in [2.75, 3.05) is 33.4 Å². The van der Waals surface area contributed by atoms with E-state index < -0.39 is 5.60 Å². The highest BCUT2D eigenvalue weighted by Gasteiger charge is 2.24. The molecule has 3 nitrogen and oxygen atoms in total. The Morgan fingerprint density at radius 1 is 1.60 bits per heavy atom. The van der Waals surface area contributed by atoms with Crippen molar-refractivity contribution < 1.29 is 9.84 Å². The predicted octanol–water partition coefficient (Wildman–Crippen LogP) is -0.301. The van der Waals surface area contributed by atoms with E-state index in [0.29, 0.717) is 13.2 Å². The summed E-state index contributed by atoms with van der Waals surface area (Å²) in [6.45, 7) is 4.60. The van der Waals surface area contributed by atoms with Crippen molar-refractivity contribution in [1.82, 2.24) is 4.90 Å². The normalized spacial score (nSPS) is 37.5. The van der Waals surface area contributed by atoms with E-state index in [-0.39, 0.29) is 0 Å². The fraction of sp³-hybridized carbons (Fsp3) is 1.00. The fourth-order valence-corrected chi connectivity index (χ4v) is 1.22. The molecule has 1 atom stereocenters. The minimum atomic E-state index is -0.661. The molecule has 1 aliphatic heterocycles. The van der Waals surface area contributed by atoms with Gasteiger partial charge in [0.05, 0.1) is 18.8 Å². The molecule has 0 unspecified atom stereocenters. The first kappa shape index (κ1) is 7.98. The van der Waals surface area contributed by atoms with Crippen molar-refractivity contribution in [3.63, 3.8) is 0 Å². The molecule has 0 bridgehead atoms. The molecule has 60 valence electrons. The molecule has 0 aliphatic carbocycles. The summed E-state index contributed by atoms with van der Waals surface area (Å²) in [5.41, 5.74) is -0.661. The van der Waals surface area contributed by atoms with Gasteiger partial charge in [0.2, 0.25) is 0 Å². The third kappa shape index (κ3) is 2.25. The molecule has 0 spiro atoms. The van der Waals surface area contributed by atoms with Crippen molar-refractivity contribution in [1.29, 1.82) is 0 Å². The van der Waals surface area contributed by atoms with Crippen LogP contribution in [0.5, 0.6) is 0 Å². The van der Waals surface area contributed by atoms with Crippen molar-refractivity contribution in [3.8, 4) is 0 Å². The number of nitrogens with zero attached hydrogens (tertiary/aromatic N) is 1. The van der Waals surface area contributed by atoms with Crippen LogP contribution in [0.15, 0.2) is 0 Å². The van der Waals surface area contributed by atoms with Gasteiger partial charge in [0, 0.05) is 13.1 Å². The van der Waals surface area contributed by atoms with Crippen LogP contribution in [0.4, 0.5) is 0 Å². The zero-order chi connectivity index (χ0) is 7.61. The van der Waals surface area contributed by atoms with Crippen LogP contribution >= 0.6 is 0 Å². The van der Waals surface area contributed by atoms with Crippen LogP contribution in [0.2, 0.25) is 0 Å². The van der Waals surface area contributed by atoms with Crippen molar-refractivity contribution >= 4 is 0 Å². The minimum Gasteiger partial charge on any atom is -0.386 e. The number of hydrogen-bond donors (Lipinski definition) is 1. The molecule has 1 N–H and O–H groups in total. The summed E-state index contributed by atoms with van der Waals surface area (Å²) in [7, 11) is 1.99. The monoisotopic (exact) mass is 145 g/mol. The maximum Gasteiger partial charge on any atom is 0.0978 e. The summed E-state index contributed by atoms with van der Waals surface area (Å²) in [4.78, 5) is 2.08. The molecule has 1 fully saturated rings. The van der Waals surface area contributed by atoms with E-state index in [1.54, 1.807) is 6.92 Å². The SMILES string of the molecule is CN1CCOC[C@@](C)(O)C1. The molecule has 1 rings (SSSR count). The summed E-state index contributed by atoms with van der Waals surface area (Å²) >= 11 is 0. The molecule has 0 saturated carbocycles. The van der Waals surface area contributed by atoms with Crippen LogP contribution in [0.25, 0.3) is 0 Å². The maximum atomic E-state index is 9.56. The summed E-state index contributed by atoms with van der Waals surface area (Å²) < 4.78 is 5.19. The second-order valence-electron chi connectivity index (χ2n) is 3.29. The van der Waals surface area contributed by atoms with Crippen LogP contribution < -0.4 is 0 Å². The Morgan fingerprint density at radius 3 is 3.00 bits per heavy atom. The van der Waals surface area contributed by atoms with Gasteiger partial charge < -0.3 is 14.7 Å². The van der Waals surface area contributed by atoms with Gasteiger partial charge in [-0.15, -0.1) is 0 Å². The summed E-state index contributed by atoms with van der Waals surface area (Å²) in [5, 5.41) is 9.56. The first-order valence-corrected chi connectivity index (χ1v) is 3.59. The molecule has 1 saturated heterocycles. The first-order valence-electron chi connectivity index (χ1n) is 3.59. The fourth-order valence-electron chi connectivity index (χ4n) is 1.22. The number of aliphatic hydroxyl groups is 1. The lowest BCUT2D eigenvalue weighted by Gasteiger charge is -2.23. The van der Waals surface area contributed by atoms with Crippen molar-refractivity contribution in [2.45, 2.75) is 12.5 Å². The molecule has 0 aromatic rings. The van der Waals surface area contributed by atoms with E-state index in [1.165, 1.54) is 0 Å². The van der Waals surface area contributed by atoms with Crippen molar-refractivity contribution in [3.05, 3.63) is 0 Å². The molecule has 3 heteroatoms. The lowest BCUT2D eigenvalue weighted by atomic mass is 10.1. The maximum absolute atomic E-state index is 9.56.